The van der Waals surface area contributed by atoms with Crippen LogP contribution in [0.2, 0.25) is 0 Å². The minimum atomic E-state index is 0.104. The summed E-state index contributed by atoms with van der Waals surface area (Å²) < 4.78 is 5.68. The first-order chi connectivity index (χ1) is 8.26. The Hall–Kier alpha value is -2.20. The first kappa shape index (κ1) is 11.3. The van der Waals surface area contributed by atoms with Crippen molar-refractivity contribution in [2.75, 3.05) is 18.0 Å². The monoisotopic (exact) mass is 227 g/mol. The maximum Gasteiger partial charge on any atom is 0.196 e. The third-order valence-corrected chi connectivity index (χ3v) is 2.98. The molecule has 1 aliphatic heterocycles. The quantitative estimate of drug-likeness (QED) is 0.728. The van der Waals surface area contributed by atoms with E-state index >= 15 is 0 Å². The average Bonchev–Trinajstić information content (AvgIpc) is 3.01. The van der Waals surface area contributed by atoms with Crippen molar-refractivity contribution < 1.29 is 4.42 Å². The SMILES string of the molecule is CC(=C(C#N)C#N)c1ccc(N2CCCC2)o1. The molecule has 4 nitrogen and oxygen atoms in total. The van der Waals surface area contributed by atoms with Gasteiger partial charge in [-0.1, -0.05) is 0 Å². The molecule has 0 aliphatic carbocycles. The zero-order chi connectivity index (χ0) is 12.3. The molecule has 0 N–H and O–H groups in total. The second kappa shape index (κ2) is 4.76. The van der Waals surface area contributed by atoms with Crippen LogP contribution in [0.15, 0.2) is 22.1 Å². The first-order valence-electron chi connectivity index (χ1n) is 5.62. The number of nitriles is 2. The van der Waals surface area contributed by atoms with Crippen LogP contribution in [0.25, 0.3) is 5.57 Å². The van der Waals surface area contributed by atoms with Gasteiger partial charge in [0, 0.05) is 24.7 Å². The number of nitrogens with zero attached hydrogens (tertiary/aromatic N) is 3. The van der Waals surface area contributed by atoms with E-state index in [1.807, 2.05) is 24.3 Å². The summed E-state index contributed by atoms with van der Waals surface area (Å²) in [6, 6.07) is 7.46. The van der Waals surface area contributed by atoms with Gasteiger partial charge in [0.2, 0.25) is 0 Å². The molecule has 0 amide bonds. The molecule has 1 aliphatic rings. The maximum absolute atomic E-state index is 8.79. The van der Waals surface area contributed by atoms with Crippen molar-refractivity contribution in [3.8, 4) is 12.1 Å². The van der Waals surface area contributed by atoms with Gasteiger partial charge in [-0.15, -0.1) is 0 Å². The number of rotatable bonds is 2. The Morgan fingerprint density at radius 3 is 2.47 bits per heavy atom. The first-order valence-corrected chi connectivity index (χ1v) is 5.62. The van der Waals surface area contributed by atoms with Gasteiger partial charge < -0.3 is 9.32 Å². The van der Waals surface area contributed by atoms with E-state index in [0.717, 1.165) is 19.0 Å². The van der Waals surface area contributed by atoms with Gasteiger partial charge in [-0.3, -0.25) is 0 Å². The second-order valence-corrected chi connectivity index (χ2v) is 4.06. The van der Waals surface area contributed by atoms with E-state index < -0.39 is 0 Å². The molecule has 86 valence electrons. The van der Waals surface area contributed by atoms with E-state index in [4.69, 9.17) is 14.9 Å². The number of furan rings is 1. The van der Waals surface area contributed by atoms with Crippen LogP contribution < -0.4 is 4.90 Å². The van der Waals surface area contributed by atoms with Crippen LogP contribution in [-0.4, -0.2) is 13.1 Å². The Labute approximate surface area is 100 Å². The molecule has 2 heterocycles. The fraction of sp³-hybridized carbons (Fsp3) is 0.385. The predicted octanol–water partition coefficient (Wildman–Crippen LogP) is 2.70. The van der Waals surface area contributed by atoms with E-state index in [-0.39, 0.29) is 5.57 Å². The van der Waals surface area contributed by atoms with Gasteiger partial charge in [0.1, 0.15) is 23.5 Å². The average molecular weight is 227 g/mol. The lowest BCUT2D eigenvalue weighted by Crippen LogP contribution is -2.16. The lowest BCUT2D eigenvalue weighted by atomic mass is 10.1. The highest BCUT2D eigenvalue weighted by Crippen LogP contribution is 2.27. The normalized spacial score (nSPS) is 14.2. The molecule has 0 spiro atoms. The van der Waals surface area contributed by atoms with E-state index in [0.29, 0.717) is 11.3 Å². The number of hydrogen-bond donors (Lipinski definition) is 0. The van der Waals surface area contributed by atoms with Crippen LogP contribution in [0.4, 0.5) is 5.88 Å². The topological polar surface area (TPSA) is 64.0 Å². The predicted molar refractivity (Wildman–Crippen MR) is 64.0 cm³/mol. The highest BCUT2D eigenvalue weighted by Gasteiger charge is 2.16. The summed E-state index contributed by atoms with van der Waals surface area (Å²) in [5.41, 5.74) is 0.702. The molecule has 1 aromatic rings. The van der Waals surface area contributed by atoms with Gasteiger partial charge >= 0.3 is 0 Å². The van der Waals surface area contributed by atoms with E-state index in [2.05, 4.69) is 4.90 Å². The summed E-state index contributed by atoms with van der Waals surface area (Å²) >= 11 is 0. The summed E-state index contributed by atoms with van der Waals surface area (Å²) in [6.45, 7) is 3.76. The number of allylic oxidation sites excluding steroid dienone is 2. The molecule has 0 atom stereocenters. The largest absolute Gasteiger partial charge is 0.441 e. The summed E-state index contributed by atoms with van der Waals surface area (Å²) in [5.74, 6) is 1.43. The lowest BCUT2D eigenvalue weighted by molar-refractivity contribution is 0.543. The molecule has 1 fully saturated rings. The fourth-order valence-electron chi connectivity index (χ4n) is 1.95. The smallest absolute Gasteiger partial charge is 0.196 e. The van der Waals surface area contributed by atoms with Gasteiger partial charge in [0.25, 0.3) is 0 Å². The minimum absolute atomic E-state index is 0.104. The Balaban J connectivity index is 2.27. The summed E-state index contributed by atoms with van der Waals surface area (Å²) in [7, 11) is 0. The van der Waals surface area contributed by atoms with Crippen molar-refractivity contribution in [3.05, 3.63) is 23.5 Å². The van der Waals surface area contributed by atoms with E-state index in [9.17, 15) is 0 Å². The van der Waals surface area contributed by atoms with Crippen LogP contribution in [-0.2, 0) is 0 Å². The standard InChI is InChI=1S/C13H13N3O/c1-10(11(8-14)9-15)12-4-5-13(17-12)16-6-2-3-7-16/h4-5H,2-3,6-7H2,1H3. The summed E-state index contributed by atoms with van der Waals surface area (Å²) in [4.78, 5) is 2.18. The highest BCUT2D eigenvalue weighted by molar-refractivity contribution is 5.71. The van der Waals surface area contributed by atoms with Crippen LogP contribution in [0, 0.1) is 22.7 Å². The Kier molecular flexibility index (Phi) is 3.16. The molecule has 1 aromatic heterocycles. The van der Waals surface area contributed by atoms with Crippen molar-refractivity contribution >= 4 is 11.5 Å². The van der Waals surface area contributed by atoms with Crippen molar-refractivity contribution in [2.24, 2.45) is 0 Å². The van der Waals surface area contributed by atoms with Crippen LogP contribution >= 0.6 is 0 Å². The summed E-state index contributed by atoms with van der Waals surface area (Å²) in [5, 5.41) is 17.6. The zero-order valence-electron chi connectivity index (χ0n) is 9.73. The molecule has 0 radical (unpaired) electrons. The molecule has 2 rings (SSSR count). The van der Waals surface area contributed by atoms with Gasteiger partial charge in [-0.05, 0) is 25.8 Å². The third-order valence-electron chi connectivity index (χ3n) is 2.98. The third kappa shape index (κ3) is 2.16. The Bertz CT molecular complexity index is 506. The fourth-order valence-corrected chi connectivity index (χ4v) is 1.95. The molecule has 0 bridgehead atoms. The van der Waals surface area contributed by atoms with Crippen LogP contribution in [0.1, 0.15) is 25.5 Å². The number of anilines is 1. The molecule has 1 saturated heterocycles. The highest BCUT2D eigenvalue weighted by atomic mass is 16.4. The van der Waals surface area contributed by atoms with Crippen molar-refractivity contribution in [1.82, 2.24) is 0 Å². The van der Waals surface area contributed by atoms with Gasteiger partial charge in [0.15, 0.2) is 5.88 Å². The van der Waals surface area contributed by atoms with Crippen molar-refractivity contribution in [1.29, 1.82) is 10.5 Å². The molecule has 0 aromatic carbocycles. The minimum Gasteiger partial charge on any atom is -0.441 e. The molecule has 0 unspecified atom stereocenters. The summed E-state index contributed by atoms with van der Waals surface area (Å²) in [6.07, 6.45) is 2.37. The molecule has 17 heavy (non-hydrogen) atoms. The molecular formula is C13H13N3O. The van der Waals surface area contributed by atoms with Gasteiger partial charge in [-0.2, -0.15) is 10.5 Å². The van der Waals surface area contributed by atoms with E-state index in [1.54, 1.807) is 6.92 Å². The van der Waals surface area contributed by atoms with Crippen molar-refractivity contribution in [3.63, 3.8) is 0 Å². The molecule has 4 heteroatoms. The maximum atomic E-state index is 8.79. The van der Waals surface area contributed by atoms with E-state index in [1.165, 1.54) is 12.8 Å². The van der Waals surface area contributed by atoms with Gasteiger partial charge in [-0.25, -0.2) is 0 Å². The van der Waals surface area contributed by atoms with Crippen LogP contribution in [0.5, 0.6) is 0 Å². The van der Waals surface area contributed by atoms with Crippen LogP contribution in [0.3, 0.4) is 0 Å². The van der Waals surface area contributed by atoms with Crippen molar-refractivity contribution in [2.45, 2.75) is 19.8 Å². The Morgan fingerprint density at radius 2 is 1.88 bits per heavy atom. The molecular weight excluding hydrogens is 214 g/mol. The Morgan fingerprint density at radius 1 is 1.24 bits per heavy atom. The lowest BCUT2D eigenvalue weighted by Gasteiger charge is -2.12. The molecule has 0 saturated carbocycles. The number of hydrogen-bond acceptors (Lipinski definition) is 4. The van der Waals surface area contributed by atoms with Gasteiger partial charge in [0.05, 0.1) is 0 Å². The zero-order valence-corrected chi connectivity index (χ0v) is 9.73. The second-order valence-electron chi connectivity index (χ2n) is 4.06.